The standard InChI is InChI=1S/C14H15FN2O2/c1-10(13-7-4-8-19-13)17-14(18)9-16-12-6-3-2-5-11(12)15/h2-8,10,16H,9H2,1H3,(H,17,18)/t10-/m0/s1. The van der Waals surface area contributed by atoms with E-state index in [9.17, 15) is 9.18 Å². The molecule has 0 saturated heterocycles. The lowest BCUT2D eigenvalue weighted by Crippen LogP contribution is -2.32. The first-order chi connectivity index (χ1) is 9.16. The molecule has 0 fully saturated rings. The Morgan fingerprint density at radius 3 is 2.79 bits per heavy atom. The highest BCUT2D eigenvalue weighted by Crippen LogP contribution is 2.13. The van der Waals surface area contributed by atoms with Crippen molar-refractivity contribution in [2.75, 3.05) is 11.9 Å². The van der Waals surface area contributed by atoms with Crippen molar-refractivity contribution in [1.29, 1.82) is 0 Å². The Bertz CT molecular complexity index is 540. The van der Waals surface area contributed by atoms with E-state index < -0.39 is 0 Å². The molecule has 0 aliphatic carbocycles. The number of para-hydroxylation sites is 1. The number of hydrogen-bond donors (Lipinski definition) is 2. The molecule has 4 nitrogen and oxygen atoms in total. The van der Waals surface area contributed by atoms with Gasteiger partial charge in [0.1, 0.15) is 11.6 Å². The van der Waals surface area contributed by atoms with Gasteiger partial charge in [-0.25, -0.2) is 4.39 Å². The summed E-state index contributed by atoms with van der Waals surface area (Å²) in [6, 6.07) is 9.55. The fourth-order valence-electron chi connectivity index (χ4n) is 1.68. The zero-order valence-electron chi connectivity index (χ0n) is 10.5. The molecular weight excluding hydrogens is 247 g/mol. The number of nitrogens with one attached hydrogen (secondary N) is 2. The van der Waals surface area contributed by atoms with Crippen molar-refractivity contribution in [2.45, 2.75) is 13.0 Å². The molecule has 1 aromatic heterocycles. The topological polar surface area (TPSA) is 54.3 Å². The van der Waals surface area contributed by atoms with Crippen LogP contribution in [0.4, 0.5) is 10.1 Å². The predicted molar refractivity (Wildman–Crippen MR) is 70.2 cm³/mol. The maximum Gasteiger partial charge on any atom is 0.239 e. The van der Waals surface area contributed by atoms with Gasteiger partial charge >= 0.3 is 0 Å². The molecule has 19 heavy (non-hydrogen) atoms. The first-order valence-corrected chi connectivity index (χ1v) is 5.98. The Balaban J connectivity index is 1.84. The summed E-state index contributed by atoms with van der Waals surface area (Å²) in [5.41, 5.74) is 0.309. The minimum absolute atomic E-state index is 0.00593. The highest BCUT2D eigenvalue weighted by molar-refractivity contribution is 5.81. The van der Waals surface area contributed by atoms with E-state index >= 15 is 0 Å². The summed E-state index contributed by atoms with van der Waals surface area (Å²) in [5, 5.41) is 5.50. The molecule has 2 N–H and O–H groups in total. The van der Waals surface area contributed by atoms with Gasteiger partial charge in [0.15, 0.2) is 0 Å². The van der Waals surface area contributed by atoms with Crippen LogP contribution in [0.1, 0.15) is 18.7 Å². The van der Waals surface area contributed by atoms with Crippen molar-refractivity contribution in [1.82, 2.24) is 5.32 Å². The number of furan rings is 1. The molecule has 1 atom stereocenters. The monoisotopic (exact) mass is 262 g/mol. The summed E-state index contributed by atoms with van der Waals surface area (Å²) in [7, 11) is 0. The van der Waals surface area contributed by atoms with Gasteiger partial charge in [-0.3, -0.25) is 4.79 Å². The zero-order chi connectivity index (χ0) is 13.7. The number of carbonyl (C=O) groups excluding carboxylic acids is 1. The fourth-order valence-corrected chi connectivity index (χ4v) is 1.68. The molecule has 1 aromatic carbocycles. The van der Waals surface area contributed by atoms with Crippen molar-refractivity contribution in [3.05, 3.63) is 54.2 Å². The van der Waals surface area contributed by atoms with Crippen LogP contribution in [0, 0.1) is 5.82 Å². The van der Waals surface area contributed by atoms with Crippen molar-refractivity contribution >= 4 is 11.6 Å². The largest absolute Gasteiger partial charge is 0.467 e. The average molecular weight is 262 g/mol. The SMILES string of the molecule is C[C@H](NC(=O)CNc1ccccc1F)c1ccco1. The fraction of sp³-hybridized carbons (Fsp3) is 0.214. The van der Waals surface area contributed by atoms with E-state index in [1.807, 2.05) is 6.92 Å². The van der Waals surface area contributed by atoms with E-state index in [2.05, 4.69) is 10.6 Å². The van der Waals surface area contributed by atoms with E-state index in [-0.39, 0.29) is 24.3 Å². The maximum absolute atomic E-state index is 13.3. The lowest BCUT2D eigenvalue weighted by Gasteiger charge is -2.12. The van der Waals surface area contributed by atoms with E-state index in [0.29, 0.717) is 11.4 Å². The summed E-state index contributed by atoms with van der Waals surface area (Å²) in [4.78, 5) is 11.7. The highest BCUT2D eigenvalue weighted by atomic mass is 19.1. The third-order valence-corrected chi connectivity index (χ3v) is 2.66. The molecule has 1 amide bonds. The first-order valence-electron chi connectivity index (χ1n) is 5.98. The normalized spacial score (nSPS) is 11.9. The van der Waals surface area contributed by atoms with E-state index in [0.717, 1.165) is 0 Å². The van der Waals surface area contributed by atoms with Crippen molar-refractivity contribution in [3.63, 3.8) is 0 Å². The smallest absolute Gasteiger partial charge is 0.239 e. The van der Waals surface area contributed by atoms with Gasteiger partial charge in [0, 0.05) is 0 Å². The number of rotatable bonds is 5. The molecule has 0 unspecified atom stereocenters. The second-order valence-electron chi connectivity index (χ2n) is 4.14. The van der Waals surface area contributed by atoms with E-state index in [1.165, 1.54) is 6.07 Å². The summed E-state index contributed by atoms with van der Waals surface area (Å²) in [6.07, 6.45) is 1.55. The zero-order valence-corrected chi connectivity index (χ0v) is 10.5. The molecule has 0 saturated carbocycles. The number of anilines is 1. The molecular formula is C14H15FN2O2. The lowest BCUT2D eigenvalue weighted by molar-refractivity contribution is -0.120. The Labute approximate surface area is 110 Å². The second kappa shape index (κ2) is 6.04. The van der Waals surface area contributed by atoms with Crippen molar-refractivity contribution in [2.24, 2.45) is 0 Å². The Morgan fingerprint density at radius 2 is 2.11 bits per heavy atom. The van der Waals surface area contributed by atoms with E-state index in [1.54, 1.807) is 36.6 Å². The van der Waals surface area contributed by atoms with Gasteiger partial charge < -0.3 is 15.1 Å². The predicted octanol–water partition coefficient (Wildman–Crippen LogP) is 2.71. The third kappa shape index (κ3) is 3.58. The number of hydrogen-bond acceptors (Lipinski definition) is 3. The van der Waals surface area contributed by atoms with Crippen molar-refractivity contribution < 1.29 is 13.6 Å². The summed E-state index contributed by atoms with van der Waals surface area (Å²) >= 11 is 0. The van der Waals surface area contributed by atoms with Crippen LogP contribution >= 0.6 is 0 Å². The van der Waals surface area contributed by atoms with Crippen LogP contribution in [-0.2, 0) is 4.79 Å². The molecule has 5 heteroatoms. The molecule has 0 spiro atoms. The third-order valence-electron chi connectivity index (χ3n) is 2.66. The van der Waals surface area contributed by atoms with E-state index in [4.69, 9.17) is 4.42 Å². The number of amides is 1. The first kappa shape index (κ1) is 13.1. The second-order valence-corrected chi connectivity index (χ2v) is 4.14. The molecule has 0 aliphatic heterocycles. The molecule has 2 aromatic rings. The molecule has 0 radical (unpaired) electrons. The number of benzene rings is 1. The van der Waals surface area contributed by atoms with Crippen LogP contribution in [0.2, 0.25) is 0 Å². The molecule has 1 heterocycles. The Morgan fingerprint density at radius 1 is 1.32 bits per heavy atom. The highest BCUT2D eigenvalue weighted by Gasteiger charge is 2.11. The van der Waals surface area contributed by atoms with Gasteiger partial charge in [-0.15, -0.1) is 0 Å². The van der Waals surface area contributed by atoms with Crippen LogP contribution in [-0.4, -0.2) is 12.5 Å². The molecule has 0 bridgehead atoms. The summed E-state index contributed by atoms with van der Waals surface area (Å²) in [5.74, 6) is 0.0702. The number of halogens is 1. The van der Waals surface area contributed by atoms with Crippen molar-refractivity contribution in [3.8, 4) is 0 Å². The quantitative estimate of drug-likeness (QED) is 0.871. The minimum atomic E-state index is -0.380. The van der Waals surface area contributed by atoms with Crippen LogP contribution in [0.25, 0.3) is 0 Å². The average Bonchev–Trinajstić information content (AvgIpc) is 2.91. The number of carbonyl (C=O) groups is 1. The lowest BCUT2D eigenvalue weighted by atomic mass is 10.2. The van der Waals surface area contributed by atoms with Gasteiger partial charge in [-0.05, 0) is 31.2 Å². The van der Waals surface area contributed by atoms with Gasteiger partial charge in [0.2, 0.25) is 5.91 Å². The van der Waals surface area contributed by atoms with Gasteiger partial charge in [0.25, 0.3) is 0 Å². The van der Waals surface area contributed by atoms with Gasteiger partial charge in [0.05, 0.1) is 24.5 Å². The van der Waals surface area contributed by atoms with Crippen LogP contribution in [0.3, 0.4) is 0 Å². The summed E-state index contributed by atoms with van der Waals surface area (Å²) < 4.78 is 18.5. The van der Waals surface area contributed by atoms with Gasteiger partial charge in [-0.1, -0.05) is 12.1 Å². The van der Waals surface area contributed by atoms with Crippen LogP contribution in [0.5, 0.6) is 0 Å². The molecule has 2 rings (SSSR count). The Hall–Kier alpha value is -2.30. The minimum Gasteiger partial charge on any atom is -0.467 e. The molecule has 0 aliphatic rings. The molecule has 100 valence electrons. The van der Waals surface area contributed by atoms with Gasteiger partial charge in [-0.2, -0.15) is 0 Å². The summed E-state index contributed by atoms with van der Waals surface area (Å²) in [6.45, 7) is 1.83. The van der Waals surface area contributed by atoms with Crippen LogP contribution in [0.15, 0.2) is 47.1 Å². The Kier molecular flexibility index (Phi) is 4.18. The van der Waals surface area contributed by atoms with Crippen LogP contribution < -0.4 is 10.6 Å². The maximum atomic E-state index is 13.3.